The first-order valence-corrected chi connectivity index (χ1v) is 10.4. The van der Waals surface area contributed by atoms with Crippen LogP contribution in [0, 0.1) is 20.8 Å². The quantitative estimate of drug-likeness (QED) is 0.714. The summed E-state index contributed by atoms with van der Waals surface area (Å²) in [5.41, 5.74) is 6.44. The van der Waals surface area contributed by atoms with E-state index < -0.39 is 0 Å². The van der Waals surface area contributed by atoms with Crippen molar-refractivity contribution in [3.05, 3.63) is 65.4 Å². The van der Waals surface area contributed by atoms with E-state index in [-0.39, 0.29) is 6.10 Å². The maximum atomic E-state index is 10.8. The number of hydrogen-bond donors (Lipinski definition) is 2. The molecule has 2 N–H and O–H groups in total. The van der Waals surface area contributed by atoms with Gasteiger partial charge in [0.2, 0.25) is 0 Å². The number of hydrogen-bond acceptors (Lipinski definition) is 2. The normalized spacial score (nSPS) is 16.6. The minimum Gasteiger partial charge on any atom is -0.385 e. The predicted octanol–water partition coefficient (Wildman–Crippen LogP) is 2.33. The van der Waals surface area contributed by atoms with Gasteiger partial charge in [-0.25, -0.2) is 0 Å². The van der Waals surface area contributed by atoms with E-state index in [9.17, 15) is 5.11 Å². The molecule has 1 unspecified atom stereocenters. The van der Waals surface area contributed by atoms with Crippen LogP contribution in [0.25, 0.3) is 10.9 Å². The summed E-state index contributed by atoms with van der Waals surface area (Å²) < 4.78 is 2.29. The largest absolute Gasteiger partial charge is 0.385 e. The molecule has 0 saturated carbocycles. The van der Waals surface area contributed by atoms with Crippen LogP contribution in [0.2, 0.25) is 0 Å². The zero-order valence-corrected chi connectivity index (χ0v) is 17.3. The molecule has 1 aliphatic rings. The van der Waals surface area contributed by atoms with E-state index >= 15 is 0 Å². The highest BCUT2D eigenvalue weighted by atomic mass is 16.3. The lowest BCUT2D eigenvalue weighted by Crippen LogP contribution is -3.15. The predicted molar refractivity (Wildman–Crippen MR) is 116 cm³/mol. The van der Waals surface area contributed by atoms with Crippen molar-refractivity contribution in [2.45, 2.75) is 33.4 Å². The number of aliphatic hydroxyl groups excluding tert-OH is 1. The van der Waals surface area contributed by atoms with E-state index in [0.29, 0.717) is 6.54 Å². The molecular weight excluding hydrogens is 346 g/mol. The highest BCUT2D eigenvalue weighted by Crippen LogP contribution is 2.25. The highest BCUT2D eigenvalue weighted by molar-refractivity contribution is 5.85. The average Bonchev–Trinajstić information content (AvgIpc) is 2.94. The Morgan fingerprint density at radius 3 is 2.36 bits per heavy atom. The van der Waals surface area contributed by atoms with E-state index in [1.54, 1.807) is 0 Å². The number of rotatable bonds is 5. The standard InChI is InChI=1S/C24H31N3O/c1-18-8-10-21(11-9-18)26-14-12-25(13-15-26)16-22(28)17-27-20(3)19(2)23-6-4-5-7-24(23)27/h4-11,22,28H,12-17H2,1-3H3/p+1. The van der Waals surface area contributed by atoms with Crippen molar-refractivity contribution in [1.82, 2.24) is 4.57 Å². The molecule has 28 heavy (non-hydrogen) atoms. The van der Waals surface area contributed by atoms with Gasteiger partial charge in [-0.3, -0.25) is 0 Å². The Labute approximate surface area is 168 Å². The number of nitrogens with zero attached hydrogens (tertiary/aromatic N) is 2. The molecule has 3 aromatic rings. The van der Waals surface area contributed by atoms with Gasteiger partial charge in [0.1, 0.15) is 12.6 Å². The van der Waals surface area contributed by atoms with Gasteiger partial charge in [0.05, 0.1) is 32.7 Å². The maximum Gasteiger partial charge on any atom is 0.121 e. The van der Waals surface area contributed by atoms with Crippen molar-refractivity contribution < 1.29 is 10.0 Å². The fourth-order valence-corrected chi connectivity index (χ4v) is 4.49. The molecule has 2 heterocycles. The van der Waals surface area contributed by atoms with E-state index in [2.05, 4.69) is 78.8 Å². The molecule has 2 aromatic carbocycles. The third-order valence-corrected chi connectivity index (χ3v) is 6.33. The maximum absolute atomic E-state index is 10.8. The lowest BCUT2D eigenvalue weighted by molar-refractivity contribution is -0.903. The zero-order valence-electron chi connectivity index (χ0n) is 17.3. The second kappa shape index (κ2) is 7.98. The van der Waals surface area contributed by atoms with Crippen LogP contribution in [0.5, 0.6) is 0 Å². The molecule has 148 valence electrons. The highest BCUT2D eigenvalue weighted by Gasteiger charge is 2.23. The number of aromatic nitrogens is 1. The summed E-state index contributed by atoms with van der Waals surface area (Å²) in [6.45, 7) is 12.2. The van der Waals surface area contributed by atoms with Crippen LogP contribution in [0.3, 0.4) is 0 Å². The Bertz CT molecular complexity index is 936. The van der Waals surface area contributed by atoms with Gasteiger partial charge in [0.15, 0.2) is 0 Å². The molecule has 1 aromatic heterocycles. The molecule has 0 bridgehead atoms. The fourth-order valence-electron chi connectivity index (χ4n) is 4.49. The van der Waals surface area contributed by atoms with Gasteiger partial charge in [-0.15, -0.1) is 0 Å². The van der Waals surface area contributed by atoms with Crippen molar-refractivity contribution in [3.63, 3.8) is 0 Å². The lowest BCUT2D eigenvalue weighted by atomic mass is 10.2. The summed E-state index contributed by atoms with van der Waals surface area (Å²) in [6, 6.07) is 17.3. The van der Waals surface area contributed by atoms with Crippen LogP contribution in [0.4, 0.5) is 5.69 Å². The second-order valence-corrected chi connectivity index (χ2v) is 8.27. The van der Waals surface area contributed by atoms with Gasteiger partial charge >= 0.3 is 0 Å². The first-order chi connectivity index (χ1) is 13.5. The zero-order chi connectivity index (χ0) is 19.7. The van der Waals surface area contributed by atoms with Crippen LogP contribution in [-0.2, 0) is 6.54 Å². The molecule has 4 rings (SSSR count). The van der Waals surface area contributed by atoms with Gasteiger partial charge in [-0.05, 0) is 44.5 Å². The first-order valence-electron chi connectivity index (χ1n) is 10.4. The van der Waals surface area contributed by atoms with Crippen LogP contribution in [-0.4, -0.2) is 48.5 Å². The second-order valence-electron chi connectivity index (χ2n) is 8.27. The van der Waals surface area contributed by atoms with Crippen LogP contribution < -0.4 is 9.80 Å². The molecule has 1 atom stereocenters. The van der Waals surface area contributed by atoms with Crippen LogP contribution in [0.1, 0.15) is 16.8 Å². The van der Waals surface area contributed by atoms with Crippen molar-refractivity contribution in [1.29, 1.82) is 0 Å². The van der Waals surface area contributed by atoms with Gasteiger partial charge < -0.3 is 19.5 Å². The third-order valence-electron chi connectivity index (χ3n) is 6.33. The van der Waals surface area contributed by atoms with Crippen LogP contribution >= 0.6 is 0 Å². The molecule has 0 aliphatic carbocycles. The summed E-state index contributed by atoms with van der Waals surface area (Å²) in [6.07, 6.45) is -0.324. The number of anilines is 1. The molecule has 1 fully saturated rings. The van der Waals surface area contributed by atoms with E-state index in [1.807, 2.05) is 0 Å². The molecule has 0 amide bonds. The molecule has 1 aliphatic heterocycles. The van der Waals surface area contributed by atoms with Gasteiger partial charge in [-0.1, -0.05) is 35.9 Å². The Kier molecular flexibility index (Phi) is 5.42. The van der Waals surface area contributed by atoms with Crippen molar-refractivity contribution in [2.24, 2.45) is 0 Å². The summed E-state index contributed by atoms with van der Waals surface area (Å²) in [5.74, 6) is 0. The van der Waals surface area contributed by atoms with E-state index in [1.165, 1.54) is 38.3 Å². The Morgan fingerprint density at radius 2 is 1.64 bits per heavy atom. The average molecular weight is 379 g/mol. The topological polar surface area (TPSA) is 32.8 Å². The summed E-state index contributed by atoms with van der Waals surface area (Å²) in [7, 11) is 0. The smallest absolute Gasteiger partial charge is 0.121 e. The summed E-state index contributed by atoms with van der Waals surface area (Å²) in [4.78, 5) is 3.96. The lowest BCUT2D eigenvalue weighted by Gasteiger charge is -2.34. The molecule has 0 spiro atoms. The summed E-state index contributed by atoms with van der Waals surface area (Å²) >= 11 is 0. The summed E-state index contributed by atoms with van der Waals surface area (Å²) in [5, 5.41) is 12.1. The SMILES string of the molecule is Cc1ccc(N2CC[NH+](CC(O)Cn3c(C)c(C)c4ccccc43)CC2)cc1. The number of aryl methyl sites for hydroxylation is 2. The van der Waals surface area contributed by atoms with Gasteiger partial charge in [0.25, 0.3) is 0 Å². The first kappa shape index (κ1) is 19.0. The Hall–Kier alpha value is -2.30. The van der Waals surface area contributed by atoms with Crippen molar-refractivity contribution >= 4 is 16.6 Å². The third kappa shape index (κ3) is 3.80. The minimum absolute atomic E-state index is 0.324. The van der Waals surface area contributed by atoms with Crippen molar-refractivity contribution in [3.8, 4) is 0 Å². The molecular formula is C24H32N3O+. The Morgan fingerprint density at radius 1 is 0.964 bits per heavy atom. The molecule has 4 nitrogen and oxygen atoms in total. The van der Waals surface area contributed by atoms with Crippen LogP contribution in [0.15, 0.2) is 48.5 Å². The number of piperazine rings is 1. The number of benzene rings is 2. The fraction of sp³-hybridized carbons (Fsp3) is 0.417. The van der Waals surface area contributed by atoms with Gasteiger partial charge in [0, 0.05) is 22.3 Å². The molecule has 4 heteroatoms. The number of nitrogens with one attached hydrogen (secondary N) is 1. The van der Waals surface area contributed by atoms with E-state index in [0.717, 1.165) is 32.7 Å². The number of aliphatic hydroxyl groups is 1. The monoisotopic (exact) mass is 378 g/mol. The Balaban J connectivity index is 1.36. The van der Waals surface area contributed by atoms with Gasteiger partial charge in [-0.2, -0.15) is 0 Å². The van der Waals surface area contributed by atoms with E-state index in [4.69, 9.17) is 0 Å². The number of fused-ring (bicyclic) bond motifs is 1. The van der Waals surface area contributed by atoms with Crippen molar-refractivity contribution in [2.75, 3.05) is 37.6 Å². The minimum atomic E-state index is -0.324. The number of para-hydroxylation sites is 1. The molecule has 0 radical (unpaired) electrons. The number of quaternary nitrogens is 1. The molecule has 1 saturated heterocycles.